The first-order valence-corrected chi connectivity index (χ1v) is 13.3. The van der Waals surface area contributed by atoms with Crippen molar-refractivity contribution in [3.8, 4) is 11.1 Å². The Morgan fingerprint density at radius 3 is 2.58 bits per heavy atom. The summed E-state index contributed by atoms with van der Waals surface area (Å²) in [6, 6.07) is 8.34. The molecule has 2 fully saturated rings. The van der Waals surface area contributed by atoms with E-state index in [1.807, 2.05) is 30.2 Å². The number of nitrogens with one attached hydrogen (secondary N) is 1. The Kier molecular flexibility index (Phi) is 7.62. The maximum atomic E-state index is 13.3. The van der Waals surface area contributed by atoms with Crippen LogP contribution < -0.4 is 5.32 Å². The van der Waals surface area contributed by atoms with E-state index in [-0.39, 0.29) is 11.8 Å². The number of carbonyl (C=O) groups is 1. The van der Waals surface area contributed by atoms with E-state index >= 15 is 0 Å². The van der Waals surface area contributed by atoms with Crippen molar-refractivity contribution in [1.82, 2.24) is 24.6 Å². The van der Waals surface area contributed by atoms with Crippen molar-refractivity contribution in [2.45, 2.75) is 51.7 Å². The van der Waals surface area contributed by atoms with Crippen LogP contribution in [0.4, 0.5) is 10.2 Å². The number of halogens is 1. The molecule has 0 radical (unpaired) electrons. The smallest absolute Gasteiger partial charge is 0.228 e. The first-order valence-electron chi connectivity index (χ1n) is 13.3. The van der Waals surface area contributed by atoms with Gasteiger partial charge < -0.3 is 10.2 Å². The third kappa shape index (κ3) is 5.76. The molecule has 0 aliphatic carbocycles. The Hall–Kier alpha value is -2.84. The van der Waals surface area contributed by atoms with Gasteiger partial charge in [0.05, 0.1) is 11.9 Å². The van der Waals surface area contributed by atoms with E-state index < -0.39 is 6.17 Å². The second-order valence-corrected chi connectivity index (χ2v) is 10.4. The molecule has 0 spiro atoms. The first-order chi connectivity index (χ1) is 17.5. The number of likely N-dealkylation sites (tertiary alicyclic amines) is 2. The fraction of sp³-hybridized carbons (Fsp3) is 0.536. The molecule has 7 nitrogen and oxygen atoms in total. The van der Waals surface area contributed by atoms with Crippen LogP contribution >= 0.6 is 0 Å². The van der Waals surface area contributed by atoms with Crippen LogP contribution in [-0.2, 0) is 18.4 Å². The molecule has 2 aromatic heterocycles. The highest BCUT2D eigenvalue weighted by atomic mass is 19.1. The van der Waals surface area contributed by atoms with Gasteiger partial charge in [0.15, 0.2) is 0 Å². The Balaban J connectivity index is 1.30. The van der Waals surface area contributed by atoms with E-state index in [1.165, 1.54) is 25.0 Å². The number of aryl methyl sites for hydroxylation is 1. The quantitative estimate of drug-likeness (QED) is 0.521. The summed E-state index contributed by atoms with van der Waals surface area (Å²) in [5.41, 5.74) is 3.51. The third-order valence-corrected chi connectivity index (χ3v) is 7.64. The number of fused-ring (bicyclic) bond motifs is 1. The number of rotatable bonds is 7. The van der Waals surface area contributed by atoms with Crippen LogP contribution in [0.15, 0.2) is 36.7 Å². The molecule has 5 rings (SSSR count). The predicted octanol–water partition coefficient (Wildman–Crippen LogP) is 4.63. The lowest BCUT2D eigenvalue weighted by atomic mass is 9.95. The molecule has 2 aliphatic rings. The van der Waals surface area contributed by atoms with Gasteiger partial charge in [-0.3, -0.25) is 14.4 Å². The summed E-state index contributed by atoms with van der Waals surface area (Å²) >= 11 is 0. The van der Waals surface area contributed by atoms with Crippen molar-refractivity contribution in [1.29, 1.82) is 0 Å². The molecule has 1 atom stereocenters. The van der Waals surface area contributed by atoms with Gasteiger partial charge in [0, 0.05) is 43.2 Å². The van der Waals surface area contributed by atoms with Crippen molar-refractivity contribution in [3.63, 3.8) is 0 Å². The van der Waals surface area contributed by atoms with E-state index in [0.29, 0.717) is 12.4 Å². The summed E-state index contributed by atoms with van der Waals surface area (Å²) in [4.78, 5) is 22.0. The minimum atomic E-state index is -0.838. The Morgan fingerprint density at radius 1 is 1.06 bits per heavy atom. The second kappa shape index (κ2) is 11.0. The fourth-order valence-corrected chi connectivity index (χ4v) is 5.56. The maximum absolute atomic E-state index is 13.3. The summed E-state index contributed by atoms with van der Waals surface area (Å²) in [5, 5.41) is 9.66. The van der Waals surface area contributed by atoms with Crippen LogP contribution in [0.1, 0.15) is 44.7 Å². The molecule has 0 unspecified atom stereocenters. The van der Waals surface area contributed by atoms with Crippen LogP contribution in [0, 0.1) is 5.92 Å². The van der Waals surface area contributed by atoms with Crippen LogP contribution in [0.3, 0.4) is 0 Å². The summed E-state index contributed by atoms with van der Waals surface area (Å²) in [7, 11) is 2.02. The van der Waals surface area contributed by atoms with Gasteiger partial charge in [0.2, 0.25) is 5.91 Å². The molecule has 2 aliphatic heterocycles. The largest absolute Gasteiger partial charge is 0.310 e. The topological polar surface area (TPSA) is 66.3 Å². The predicted molar refractivity (Wildman–Crippen MR) is 141 cm³/mol. The zero-order valence-electron chi connectivity index (χ0n) is 21.4. The van der Waals surface area contributed by atoms with Gasteiger partial charge in [-0.1, -0.05) is 18.6 Å². The Morgan fingerprint density at radius 2 is 1.83 bits per heavy atom. The van der Waals surface area contributed by atoms with Crippen molar-refractivity contribution in [3.05, 3.63) is 42.4 Å². The van der Waals surface area contributed by atoms with Gasteiger partial charge >= 0.3 is 0 Å². The van der Waals surface area contributed by atoms with E-state index in [0.717, 1.165) is 67.5 Å². The number of carbonyl (C=O) groups excluding carboxylic acids is 1. The number of hydrogen-bond acceptors (Lipinski definition) is 5. The minimum Gasteiger partial charge on any atom is -0.310 e. The number of hydrogen-bond donors (Lipinski definition) is 1. The summed E-state index contributed by atoms with van der Waals surface area (Å²) in [6.07, 6.45) is 8.28. The molecular weight excluding hydrogens is 455 g/mol. The number of alkyl halides is 1. The molecule has 8 heteroatoms. The van der Waals surface area contributed by atoms with Crippen molar-refractivity contribution in [2.75, 3.05) is 38.0 Å². The molecule has 3 aromatic rings. The Labute approximate surface area is 212 Å². The number of anilines is 1. The number of amides is 1. The number of pyridine rings is 1. The van der Waals surface area contributed by atoms with Crippen LogP contribution in [0.2, 0.25) is 0 Å². The second-order valence-electron chi connectivity index (χ2n) is 10.4. The van der Waals surface area contributed by atoms with Crippen LogP contribution in [0.5, 0.6) is 0 Å². The zero-order chi connectivity index (χ0) is 25.1. The molecule has 0 bridgehead atoms. The average Bonchev–Trinajstić information content (AvgIpc) is 3.24. The molecule has 192 valence electrons. The Bertz CT molecular complexity index is 1190. The highest BCUT2D eigenvalue weighted by Crippen LogP contribution is 2.29. The van der Waals surface area contributed by atoms with E-state index in [2.05, 4.69) is 43.4 Å². The SMILES string of the molecule is C[C@H](F)CN1CCC(C(=O)Nc2cc3cc(-c4cnn(C)c4CN4CCCCC4)ccc3cn2)CC1. The van der Waals surface area contributed by atoms with Crippen LogP contribution in [-0.4, -0.2) is 69.4 Å². The molecule has 0 saturated carbocycles. The van der Waals surface area contributed by atoms with Gasteiger partial charge in [0.1, 0.15) is 12.0 Å². The van der Waals surface area contributed by atoms with E-state index in [4.69, 9.17) is 0 Å². The number of nitrogens with zero attached hydrogens (tertiary/aromatic N) is 5. The standard InChI is InChI=1S/C28H37FN6O/c1-20(29)18-35-12-8-21(9-13-35)28(36)32-27-15-24-14-22(6-7-23(24)16-30-27)25-17-31-33(2)26(25)19-34-10-4-3-5-11-34/h6-7,14-17,20-21H,3-5,8-13,18-19H2,1-2H3,(H,30,32,36)/t20-/m0/s1. The van der Waals surface area contributed by atoms with E-state index in [1.54, 1.807) is 6.92 Å². The summed E-state index contributed by atoms with van der Waals surface area (Å²) < 4.78 is 15.3. The van der Waals surface area contributed by atoms with Gasteiger partial charge in [-0.05, 0) is 81.9 Å². The molecule has 4 heterocycles. The fourth-order valence-electron chi connectivity index (χ4n) is 5.56. The number of piperidine rings is 2. The minimum absolute atomic E-state index is 0.00188. The van der Waals surface area contributed by atoms with Gasteiger partial charge in [-0.25, -0.2) is 9.37 Å². The van der Waals surface area contributed by atoms with Crippen molar-refractivity contribution in [2.24, 2.45) is 13.0 Å². The molecular formula is C28H37FN6O. The lowest BCUT2D eigenvalue weighted by Gasteiger charge is -2.31. The third-order valence-electron chi connectivity index (χ3n) is 7.64. The summed E-state index contributed by atoms with van der Waals surface area (Å²) in [6.45, 7) is 6.73. The summed E-state index contributed by atoms with van der Waals surface area (Å²) in [5.74, 6) is 0.513. The first kappa shape index (κ1) is 24.8. The highest BCUT2D eigenvalue weighted by Gasteiger charge is 2.26. The lowest BCUT2D eigenvalue weighted by Crippen LogP contribution is -2.40. The van der Waals surface area contributed by atoms with Crippen molar-refractivity contribution < 1.29 is 9.18 Å². The lowest BCUT2D eigenvalue weighted by molar-refractivity contribution is -0.121. The van der Waals surface area contributed by atoms with E-state index in [9.17, 15) is 9.18 Å². The zero-order valence-corrected chi connectivity index (χ0v) is 21.4. The van der Waals surface area contributed by atoms with Crippen molar-refractivity contribution >= 4 is 22.5 Å². The van der Waals surface area contributed by atoms with Gasteiger partial charge in [0.25, 0.3) is 0 Å². The normalized spacial score (nSPS) is 19.0. The van der Waals surface area contributed by atoms with Crippen LogP contribution in [0.25, 0.3) is 21.9 Å². The molecule has 1 N–H and O–H groups in total. The highest BCUT2D eigenvalue weighted by molar-refractivity contribution is 5.95. The number of benzene rings is 1. The number of aromatic nitrogens is 3. The molecule has 2 saturated heterocycles. The monoisotopic (exact) mass is 492 g/mol. The van der Waals surface area contributed by atoms with Gasteiger partial charge in [-0.2, -0.15) is 5.10 Å². The maximum Gasteiger partial charge on any atom is 0.228 e. The molecule has 36 heavy (non-hydrogen) atoms. The molecule has 1 amide bonds. The average molecular weight is 493 g/mol. The molecule has 1 aromatic carbocycles. The van der Waals surface area contributed by atoms with Gasteiger partial charge in [-0.15, -0.1) is 0 Å².